The van der Waals surface area contributed by atoms with Crippen molar-refractivity contribution in [2.24, 2.45) is 0 Å². The molecule has 0 saturated carbocycles. The Balaban J connectivity index is 1.20. The number of thiazole rings is 1. The zero-order valence-electron chi connectivity index (χ0n) is 17.4. The van der Waals surface area contributed by atoms with Gasteiger partial charge in [-0.1, -0.05) is 42.1 Å². The molecule has 0 bridgehead atoms. The van der Waals surface area contributed by atoms with Gasteiger partial charge < -0.3 is 15.3 Å². The van der Waals surface area contributed by atoms with E-state index in [2.05, 4.69) is 45.5 Å². The number of likely N-dealkylation sites (tertiary alicyclic amines) is 2. The van der Waals surface area contributed by atoms with Crippen molar-refractivity contribution in [1.29, 1.82) is 0 Å². The number of carbonyl (C=O) groups excluding carboxylic acids is 1. The van der Waals surface area contributed by atoms with E-state index < -0.39 is 5.97 Å². The summed E-state index contributed by atoms with van der Waals surface area (Å²) in [6.07, 6.45) is 2.65. The van der Waals surface area contributed by atoms with Crippen LogP contribution in [0.2, 0.25) is 0 Å². The van der Waals surface area contributed by atoms with E-state index in [1.807, 2.05) is 4.90 Å². The van der Waals surface area contributed by atoms with Gasteiger partial charge in [-0.15, -0.1) is 11.3 Å². The van der Waals surface area contributed by atoms with Crippen LogP contribution < -0.4 is 5.32 Å². The molecule has 3 heterocycles. The van der Waals surface area contributed by atoms with Crippen LogP contribution in [-0.4, -0.2) is 75.8 Å². The van der Waals surface area contributed by atoms with E-state index in [1.54, 1.807) is 5.38 Å². The summed E-state index contributed by atoms with van der Waals surface area (Å²) in [5, 5.41) is 14.2. The van der Waals surface area contributed by atoms with Gasteiger partial charge in [0.05, 0.1) is 0 Å². The lowest BCUT2D eigenvalue weighted by Gasteiger charge is -2.26. The van der Waals surface area contributed by atoms with Gasteiger partial charge in [-0.3, -0.25) is 9.69 Å². The number of hydrogen-bond donors (Lipinski definition) is 2. The van der Waals surface area contributed by atoms with Gasteiger partial charge in [0, 0.05) is 62.4 Å². The van der Waals surface area contributed by atoms with E-state index in [0.29, 0.717) is 19.0 Å². The smallest absolute Gasteiger partial charge is 0.355 e. The molecule has 0 aliphatic carbocycles. The maximum atomic E-state index is 12.4. The molecule has 0 spiro atoms. The average molecular weight is 461 g/mol. The summed E-state index contributed by atoms with van der Waals surface area (Å²) in [6, 6.07) is 11.3. The van der Waals surface area contributed by atoms with E-state index in [9.17, 15) is 9.59 Å². The van der Waals surface area contributed by atoms with Crippen LogP contribution in [0.5, 0.6) is 0 Å². The standard InChI is InChI=1S/C22H28N4O3S2/c27-20-7-6-18(26(20)10-11-30-22-24-19(15-31-22)21(28)29)12-23-17-8-9-25(14-17)13-16-4-2-1-3-5-16/h1-5,15,17-18,23H,6-14H2,(H,28,29). The molecule has 1 aromatic heterocycles. The first-order valence-corrected chi connectivity index (χ1v) is 12.6. The molecule has 2 aromatic rings. The molecule has 1 amide bonds. The summed E-state index contributed by atoms with van der Waals surface area (Å²) in [5.41, 5.74) is 1.44. The summed E-state index contributed by atoms with van der Waals surface area (Å²) < 4.78 is 0.739. The van der Waals surface area contributed by atoms with Crippen LogP contribution in [0.15, 0.2) is 40.1 Å². The predicted octanol–water partition coefficient (Wildman–Crippen LogP) is 2.79. The quantitative estimate of drug-likeness (QED) is 0.527. The summed E-state index contributed by atoms with van der Waals surface area (Å²) in [4.78, 5) is 31.9. The average Bonchev–Trinajstić information content (AvgIpc) is 3.49. The van der Waals surface area contributed by atoms with Crippen molar-refractivity contribution in [3.05, 3.63) is 47.0 Å². The SMILES string of the molecule is O=C(O)c1csc(SCCN2C(=O)CCC2CNC2CCN(Cc3ccccc3)C2)n1. The molecule has 9 heteroatoms. The zero-order valence-corrected chi connectivity index (χ0v) is 19.0. The van der Waals surface area contributed by atoms with Crippen LogP contribution >= 0.6 is 23.1 Å². The number of nitrogens with one attached hydrogen (secondary N) is 1. The fourth-order valence-corrected chi connectivity index (χ4v) is 6.06. The normalized spacial score (nSPS) is 21.8. The fraction of sp³-hybridized carbons (Fsp3) is 0.500. The summed E-state index contributed by atoms with van der Waals surface area (Å²) in [6.45, 7) is 4.64. The topological polar surface area (TPSA) is 85.8 Å². The number of rotatable bonds is 10. The van der Waals surface area contributed by atoms with E-state index in [0.717, 1.165) is 49.1 Å². The van der Waals surface area contributed by atoms with E-state index >= 15 is 0 Å². The molecule has 2 aliphatic rings. The number of thioether (sulfide) groups is 1. The largest absolute Gasteiger partial charge is 0.476 e. The number of aromatic nitrogens is 1. The van der Waals surface area contributed by atoms with Gasteiger partial charge >= 0.3 is 5.97 Å². The molecule has 2 saturated heterocycles. The Kier molecular flexibility index (Phi) is 7.60. The Labute approximate surface area is 190 Å². The second-order valence-electron chi connectivity index (χ2n) is 8.05. The number of hydrogen-bond acceptors (Lipinski definition) is 7. The molecule has 2 N–H and O–H groups in total. The number of aromatic carboxylic acids is 1. The minimum absolute atomic E-state index is 0.0877. The van der Waals surface area contributed by atoms with E-state index in [1.165, 1.54) is 28.7 Å². The molecule has 166 valence electrons. The minimum atomic E-state index is -1.00. The Morgan fingerprint density at radius 1 is 1.29 bits per heavy atom. The van der Waals surface area contributed by atoms with Gasteiger partial charge in [-0.2, -0.15) is 0 Å². The van der Waals surface area contributed by atoms with Crippen molar-refractivity contribution in [1.82, 2.24) is 20.1 Å². The number of benzene rings is 1. The second kappa shape index (κ2) is 10.6. The van der Waals surface area contributed by atoms with Gasteiger partial charge in [0.15, 0.2) is 10.0 Å². The lowest BCUT2D eigenvalue weighted by molar-refractivity contribution is -0.128. The van der Waals surface area contributed by atoms with Crippen LogP contribution in [0.25, 0.3) is 0 Å². The van der Waals surface area contributed by atoms with E-state index in [-0.39, 0.29) is 17.6 Å². The lowest BCUT2D eigenvalue weighted by Crippen LogP contribution is -2.44. The molecule has 31 heavy (non-hydrogen) atoms. The van der Waals surface area contributed by atoms with Gasteiger partial charge in [0.2, 0.25) is 5.91 Å². The molecule has 2 atom stereocenters. The zero-order chi connectivity index (χ0) is 21.6. The summed E-state index contributed by atoms with van der Waals surface area (Å²) in [7, 11) is 0. The Morgan fingerprint density at radius 3 is 2.90 bits per heavy atom. The Hall–Kier alpha value is -1.94. The van der Waals surface area contributed by atoms with Crippen molar-refractivity contribution < 1.29 is 14.7 Å². The van der Waals surface area contributed by atoms with Crippen molar-refractivity contribution in [2.75, 3.05) is 31.9 Å². The van der Waals surface area contributed by atoms with Crippen molar-refractivity contribution in [3.8, 4) is 0 Å². The molecular formula is C22H28N4O3S2. The number of carboxylic acids is 1. The highest BCUT2D eigenvalue weighted by Crippen LogP contribution is 2.25. The maximum absolute atomic E-state index is 12.4. The molecule has 7 nitrogen and oxygen atoms in total. The predicted molar refractivity (Wildman–Crippen MR) is 123 cm³/mol. The van der Waals surface area contributed by atoms with Crippen molar-refractivity contribution in [2.45, 2.75) is 42.2 Å². The number of amides is 1. The van der Waals surface area contributed by atoms with Gasteiger partial charge in [-0.05, 0) is 18.4 Å². The molecule has 2 unspecified atom stereocenters. The summed E-state index contributed by atoms with van der Waals surface area (Å²) >= 11 is 2.86. The van der Waals surface area contributed by atoms with Crippen molar-refractivity contribution in [3.63, 3.8) is 0 Å². The highest BCUT2D eigenvalue weighted by molar-refractivity contribution is 8.01. The Bertz CT molecular complexity index is 892. The number of carboxylic acid groups (broad SMARTS) is 1. The third-order valence-corrected chi connectivity index (χ3v) is 7.88. The molecule has 4 rings (SSSR count). The second-order valence-corrected chi connectivity index (χ2v) is 10.2. The maximum Gasteiger partial charge on any atom is 0.355 e. The van der Waals surface area contributed by atoms with Crippen LogP contribution in [0.4, 0.5) is 0 Å². The first-order chi connectivity index (χ1) is 15.1. The third-order valence-electron chi connectivity index (χ3n) is 5.88. The number of carbonyl (C=O) groups is 2. The highest BCUT2D eigenvalue weighted by Gasteiger charge is 2.31. The highest BCUT2D eigenvalue weighted by atomic mass is 32.2. The molecular weight excluding hydrogens is 432 g/mol. The Morgan fingerprint density at radius 2 is 2.13 bits per heavy atom. The van der Waals surface area contributed by atoms with Crippen LogP contribution in [0.3, 0.4) is 0 Å². The van der Waals surface area contributed by atoms with Gasteiger partial charge in [-0.25, -0.2) is 9.78 Å². The monoisotopic (exact) mass is 460 g/mol. The molecule has 0 radical (unpaired) electrons. The van der Waals surface area contributed by atoms with Gasteiger partial charge in [0.1, 0.15) is 0 Å². The van der Waals surface area contributed by atoms with Crippen LogP contribution in [0.1, 0.15) is 35.3 Å². The molecule has 2 fully saturated rings. The fourth-order valence-electron chi connectivity index (χ4n) is 4.25. The summed E-state index contributed by atoms with van der Waals surface area (Å²) in [5.74, 6) is -0.0589. The molecule has 1 aromatic carbocycles. The van der Waals surface area contributed by atoms with Crippen LogP contribution in [0, 0.1) is 0 Å². The first kappa shape index (κ1) is 22.3. The van der Waals surface area contributed by atoms with Gasteiger partial charge in [0.25, 0.3) is 0 Å². The van der Waals surface area contributed by atoms with Crippen molar-refractivity contribution >= 4 is 35.0 Å². The van der Waals surface area contributed by atoms with E-state index in [4.69, 9.17) is 5.11 Å². The lowest BCUT2D eigenvalue weighted by atomic mass is 10.2. The third kappa shape index (κ3) is 6.06. The first-order valence-electron chi connectivity index (χ1n) is 10.7. The minimum Gasteiger partial charge on any atom is -0.476 e. The number of nitrogens with zero attached hydrogens (tertiary/aromatic N) is 3. The molecule has 2 aliphatic heterocycles. The van der Waals surface area contributed by atoms with Crippen LogP contribution in [-0.2, 0) is 11.3 Å².